The molecule has 0 aromatic rings. The van der Waals surface area contributed by atoms with E-state index >= 15 is 0 Å². The molecule has 2 rings (SSSR count). The first-order chi connectivity index (χ1) is 11.3. The van der Waals surface area contributed by atoms with Crippen molar-refractivity contribution < 1.29 is 23.8 Å². The highest BCUT2D eigenvalue weighted by molar-refractivity contribution is 5.77. The molecule has 0 heterocycles. The number of ether oxygens (including phenoxy) is 3. The quantitative estimate of drug-likeness (QED) is 0.526. The second-order valence-corrected chi connectivity index (χ2v) is 7.68. The van der Waals surface area contributed by atoms with Gasteiger partial charge in [0, 0.05) is 26.3 Å². The zero-order chi connectivity index (χ0) is 17.9. The smallest absolute Gasteiger partial charge is 0.410 e. The summed E-state index contributed by atoms with van der Waals surface area (Å²) >= 11 is 0. The lowest BCUT2D eigenvalue weighted by Gasteiger charge is -2.33. The third kappa shape index (κ3) is 4.41. The van der Waals surface area contributed by atoms with Gasteiger partial charge in [-0.2, -0.15) is 0 Å². The van der Waals surface area contributed by atoms with E-state index in [2.05, 4.69) is 0 Å². The van der Waals surface area contributed by atoms with Crippen LogP contribution in [0, 0.1) is 17.8 Å². The van der Waals surface area contributed by atoms with E-state index in [1.807, 2.05) is 32.6 Å². The van der Waals surface area contributed by atoms with Crippen molar-refractivity contribution in [2.45, 2.75) is 58.6 Å². The van der Waals surface area contributed by atoms with Gasteiger partial charge in [0.15, 0.2) is 0 Å². The number of methoxy groups -OCH3 is 1. The van der Waals surface area contributed by atoms with Crippen LogP contribution in [-0.4, -0.2) is 55.5 Å². The number of carbonyl (C=O) groups excluding carboxylic acids is 2. The number of fused-ring (bicyclic) bond motifs is 1. The molecule has 0 aromatic heterocycles. The number of hydrogen-bond donors (Lipinski definition) is 0. The highest BCUT2D eigenvalue weighted by atomic mass is 16.6. The van der Waals surface area contributed by atoms with Gasteiger partial charge in [0.1, 0.15) is 5.60 Å². The normalized spacial score (nSPS) is 28.2. The molecular formula is C18H31NO5. The Morgan fingerprint density at radius 2 is 1.92 bits per heavy atom. The average molecular weight is 341 g/mol. The summed E-state index contributed by atoms with van der Waals surface area (Å²) in [5, 5.41) is 0. The summed E-state index contributed by atoms with van der Waals surface area (Å²) in [6.07, 6.45) is 2.37. The van der Waals surface area contributed by atoms with Crippen LogP contribution in [0.15, 0.2) is 0 Å². The van der Waals surface area contributed by atoms with E-state index in [4.69, 9.17) is 14.2 Å². The molecule has 0 unspecified atom stereocenters. The maximum atomic E-state index is 12.7. The van der Waals surface area contributed by atoms with Crippen LogP contribution in [0.4, 0.5) is 4.79 Å². The molecule has 0 saturated heterocycles. The standard InChI is InChI=1S/C18H31NO5/c1-6-23-16(20)15-12-8-9-13(14(12)15)19(10-7-11-22-5)17(21)24-18(2,3)4/h12-15H,6-11H2,1-5H3/t12-,13-,14-,15+/m1/s1. The van der Waals surface area contributed by atoms with Crippen LogP contribution in [0.1, 0.15) is 47.0 Å². The highest BCUT2D eigenvalue weighted by Gasteiger charge is 2.64. The minimum absolute atomic E-state index is 0.0453. The summed E-state index contributed by atoms with van der Waals surface area (Å²) in [4.78, 5) is 26.5. The minimum Gasteiger partial charge on any atom is -0.466 e. The van der Waals surface area contributed by atoms with E-state index < -0.39 is 5.60 Å². The Kier molecular flexibility index (Phi) is 6.12. The largest absolute Gasteiger partial charge is 0.466 e. The maximum Gasteiger partial charge on any atom is 0.410 e. The first kappa shape index (κ1) is 19.0. The van der Waals surface area contributed by atoms with Crippen LogP contribution in [0.3, 0.4) is 0 Å². The van der Waals surface area contributed by atoms with E-state index in [-0.39, 0.29) is 29.9 Å². The number of amides is 1. The van der Waals surface area contributed by atoms with Gasteiger partial charge in [-0.05, 0) is 58.8 Å². The van der Waals surface area contributed by atoms with Gasteiger partial charge in [-0.3, -0.25) is 4.79 Å². The van der Waals surface area contributed by atoms with E-state index in [0.29, 0.717) is 25.7 Å². The molecule has 6 heteroatoms. The highest BCUT2D eigenvalue weighted by Crippen LogP contribution is 2.59. The molecular weight excluding hydrogens is 310 g/mol. The summed E-state index contributed by atoms with van der Waals surface area (Å²) in [5.41, 5.74) is -0.529. The molecule has 138 valence electrons. The topological polar surface area (TPSA) is 65.1 Å². The van der Waals surface area contributed by atoms with Gasteiger partial charge in [-0.25, -0.2) is 4.79 Å². The predicted octanol–water partition coefficient (Wildman–Crippen LogP) is 2.85. The SMILES string of the molecule is CCOC(=O)[C@H]1[C@@H]2CC[C@@H](N(CCCOC)C(=O)OC(C)(C)C)[C@@H]21. The molecule has 0 spiro atoms. The monoisotopic (exact) mass is 341 g/mol. The van der Waals surface area contributed by atoms with E-state index in [1.54, 1.807) is 7.11 Å². The zero-order valence-corrected chi connectivity index (χ0v) is 15.5. The lowest BCUT2D eigenvalue weighted by Crippen LogP contribution is -2.45. The molecule has 2 fully saturated rings. The van der Waals surface area contributed by atoms with Gasteiger partial charge in [0.2, 0.25) is 0 Å². The van der Waals surface area contributed by atoms with Gasteiger partial charge < -0.3 is 19.1 Å². The van der Waals surface area contributed by atoms with Crippen LogP contribution in [0.2, 0.25) is 0 Å². The van der Waals surface area contributed by atoms with Gasteiger partial charge in [0.25, 0.3) is 0 Å². The third-order valence-electron chi connectivity index (χ3n) is 4.80. The van der Waals surface area contributed by atoms with Crippen molar-refractivity contribution in [3.05, 3.63) is 0 Å². The fourth-order valence-electron chi connectivity index (χ4n) is 3.88. The fourth-order valence-corrected chi connectivity index (χ4v) is 3.88. The summed E-state index contributed by atoms with van der Waals surface area (Å²) in [7, 11) is 1.65. The summed E-state index contributed by atoms with van der Waals surface area (Å²) in [6.45, 7) is 9.03. The Hall–Kier alpha value is -1.30. The van der Waals surface area contributed by atoms with Crippen molar-refractivity contribution in [3.63, 3.8) is 0 Å². The van der Waals surface area contributed by atoms with Crippen LogP contribution < -0.4 is 0 Å². The number of nitrogens with zero attached hydrogens (tertiary/aromatic N) is 1. The fraction of sp³-hybridized carbons (Fsp3) is 0.889. The summed E-state index contributed by atoms with van der Waals surface area (Å²) in [6, 6.07) is 0.0658. The van der Waals surface area contributed by atoms with Gasteiger partial charge in [-0.15, -0.1) is 0 Å². The summed E-state index contributed by atoms with van der Waals surface area (Å²) < 4.78 is 15.9. The predicted molar refractivity (Wildman–Crippen MR) is 89.6 cm³/mol. The molecule has 0 radical (unpaired) electrons. The molecule has 0 aliphatic heterocycles. The zero-order valence-electron chi connectivity index (χ0n) is 15.5. The third-order valence-corrected chi connectivity index (χ3v) is 4.80. The maximum absolute atomic E-state index is 12.7. The lowest BCUT2D eigenvalue weighted by atomic mass is 10.1. The van der Waals surface area contributed by atoms with Crippen molar-refractivity contribution >= 4 is 12.1 Å². The number of rotatable bonds is 7. The lowest BCUT2D eigenvalue weighted by molar-refractivity contribution is -0.145. The molecule has 4 atom stereocenters. The Labute approximate surface area is 144 Å². The Morgan fingerprint density at radius 1 is 1.21 bits per heavy atom. The average Bonchev–Trinajstić information content (AvgIpc) is 3.05. The Morgan fingerprint density at radius 3 is 2.50 bits per heavy atom. The van der Waals surface area contributed by atoms with E-state index in [0.717, 1.165) is 19.3 Å². The van der Waals surface area contributed by atoms with Crippen molar-refractivity contribution in [2.75, 3.05) is 26.9 Å². The molecule has 6 nitrogen and oxygen atoms in total. The molecule has 0 bridgehead atoms. The van der Waals surface area contributed by atoms with Crippen molar-refractivity contribution in [2.24, 2.45) is 17.8 Å². The first-order valence-corrected chi connectivity index (χ1v) is 8.95. The molecule has 24 heavy (non-hydrogen) atoms. The Balaban J connectivity index is 2.04. The Bertz CT molecular complexity index is 459. The van der Waals surface area contributed by atoms with Crippen molar-refractivity contribution in [1.29, 1.82) is 0 Å². The van der Waals surface area contributed by atoms with Gasteiger partial charge in [-0.1, -0.05) is 0 Å². The molecule has 1 amide bonds. The van der Waals surface area contributed by atoms with Crippen LogP contribution in [0.5, 0.6) is 0 Å². The molecule has 0 aromatic carbocycles. The second-order valence-electron chi connectivity index (χ2n) is 7.68. The minimum atomic E-state index is -0.529. The molecule has 2 saturated carbocycles. The van der Waals surface area contributed by atoms with Crippen LogP contribution >= 0.6 is 0 Å². The van der Waals surface area contributed by atoms with Crippen LogP contribution in [-0.2, 0) is 19.0 Å². The first-order valence-electron chi connectivity index (χ1n) is 8.95. The second kappa shape index (κ2) is 7.72. The number of esters is 1. The van der Waals surface area contributed by atoms with Crippen LogP contribution in [0.25, 0.3) is 0 Å². The molecule has 2 aliphatic rings. The molecule has 2 aliphatic carbocycles. The van der Waals surface area contributed by atoms with Gasteiger partial charge >= 0.3 is 12.1 Å². The van der Waals surface area contributed by atoms with Crippen molar-refractivity contribution in [1.82, 2.24) is 4.90 Å². The number of carbonyl (C=O) groups is 2. The van der Waals surface area contributed by atoms with E-state index in [1.165, 1.54) is 0 Å². The van der Waals surface area contributed by atoms with Gasteiger partial charge in [0.05, 0.1) is 12.5 Å². The number of hydrogen-bond acceptors (Lipinski definition) is 5. The molecule has 0 N–H and O–H groups in total. The van der Waals surface area contributed by atoms with E-state index in [9.17, 15) is 9.59 Å². The summed E-state index contributed by atoms with van der Waals surface area (Å²) in [5.74, 6) is 0.426. The van der Waals surface area contributed by atoms with Crippen molar-refractivity contribution in [3.8, 4) is 0 Å².